The number of aryl methyl sites for hydroxylation is 1. The molecule has 0 aliphatic carbocycles. The molecule has 0 radical (unpaired) electrons. The van der Waals surface area contributed by atoms with Crippen LogP contribution in [0.15, 0.2) is 30.6 Å². The predicted molar refractivity (Wildman–Crippen MR) is 57.1 cm³/mol. The molecular formula is C11H12FN3. The van der Waals surface area contributed by atoms with E-state index in [1.165, 1.54) is 12.1 Å². The highest BCUT2D eigenvalue weighted by Gasteiger charge is 2.00. The standard InChI is InChI=1S/C11H12FN3/c1-8-2-3-9(12)6-10(8)15-7-11-13-4-5-14-11/h2-6,15H,7H2,1H3,(H,13,14). The second-order valence-electron chi connectivity index (χ2n) is 3.35. The fraction of sp³-hybridized carbons (Fsp3) is 0.182. The van der Waals surface area contributed by atoms with Crippen LogP contribution in [0.3, 0.4) is 0 Å². The molecule has 78 valence electrons. The smallest absolute Gasteiger partial charge is 0.125 e. The van der Waals surface area contributed by atoms with Gasteiger partial charge in [0.2, 0.25) is 0 Å². The van der Waals surface area contributed by atoms with Crippen LogP contribution in [0.4, 0.5) is 10.1 Å². The normalized spacial score (nSPS) is 10.3. The Balaban J connectivity index is 2.07. The molecule has 0 saturated heterocycles. The van der Waals surface area contributed by atoms with Crippen molar-refractivity contribution in [3.63, 3.8) is 0 Å². The molecule has 0 aliphatic rings. The Labute approximate surface area is 87.4 Å². The monoisotopic (exact) mass is 205 g/mol. The Kier molecular flexibility index (Phi) is 2.67. The van der Waals surface area contributed by atoms with E-state index in [-0.39, 0.29) is 5.82 Å². The Morgan fingerprint density at radius 2 is 2.33 bits per heavy atom. The van der Waals surface area contributed by atoms with Gasteiger partial charge in [-0.05, 0) is 24.6 Å². The number of hydrogen-bond donors (Lipinski definition) is 2. The molecule has 0 atom stereocenters. The number of anilines is 1. The van der Waals surface area contributed by atoms with Crippen molar-refractivity contribution in [3.8, 4) is 0 Å². The lowest BCUT2D eigenvalue weighted by atomic mass is 10.2. The summed E-state index contributed by atoms with van der Waals surface area (Å²) in [4.78, 5) is 7.05. The third kappa shape index (κ3) is 2.34. The largest absolute Gasteiger partial charge is 0.378 e. The van der Waals surface area contributed by atoms with Crippen LogP contribution in [0.1, 0.15) is 11.4 Å². The van der Waals surface area contributed by atoms with Crippen LogP contribution in [0, 0.1) is 12.7 Å². The lowest BCUT2D eigenvalue weighted by Crippen LogP contribution is -2.02. The van der Waals surface area contributed by atoms with E-state index in [2.05, 4.69) is 15.3 Å². The highest BCUT2D eigenvalue weighted by Crippen LogP contribution is 2.16. The van der Waals surface area contributed by atoms with Gasteiger partial charge in [-0.1, -0.05) is 6.07 Å². The molecule has 0 unspecified atom stereocenters. The van der Waals surface area contributed by atoms with Gasteiger partial charge in [-0.2, -0.15) is 0 Å². The zero-order chi connectivity index (χ0) is 10.7. The first kappa shape index (κ1) is 9.71. The average molecular weight is 205 g/mol. The summed E-state index contributed by atoms with van der Waals surface area (Å²) in [5.74, 6) is 0.598. The minimum absolute atomic E-state index is 0.234. The van der Waals surface area contributed by atoms with Crippen LogP contribution in [0.2, 0.25) is 0 Å². The zero-order valence-corrected chi connectivity index (χ0v) is 8.42. The van der Waals surface area contributed by atoms with Gasteiger partial charge in [-0.25, -0.2) is 9.37 Å². The summed E-state index contributed by atoms with van der Waals surface area (Å²) in [6.07, 6.45) is 3.45. The lowest BCUT2D eigenvalue weighted by molar-refractivity contribution is 0.627. The average Bonchev–Trinajstić information content (AvgIpc) is 2.72. The highest BCUT2D eigenvalue weighted by atomic mass is 19.1. The fourth-order valence-corrected chi connectivity index (χ4v) is 1.36. The number of nitrogens with zero attached hydrogens (tertiary/aromatic N) is 1. The molecule has 2 aromatic rings. The minimum Gasteiger partial charge on any atom is -0.378 e. The van der Waals surface area contributed by atoms with Crippen LogP contribution < -0.4 is 5.32 Å². The highest BCUT2D eigenvalue weighted by molar-refractivity contribution is 5.50. The molecule has 2 N–H and O–H groups in total. The van der Waals surface area contributed by atoms with E-state index in [1.807, 2.05) is 6.92 Å². The Hall–Kier alpha value is -1.84. The Bertz CT molecular complexity index is 437. The SMILES string of the molecule is Cc1ccc(F)cc1NCc1ncc[nH]1. The first-order chi connectivity index (χ1) is 7.25. The van der Waals surface area contributed by atoms with Crippen molar-refractivity contribution >= 4 is 5.69 Å². The summed E-state index contributed by atoms with van der Waals surface area (Å²) in [5, 5.41) is 3.12. The van der Waals surface area contributed by atoms with Crippen molar-refractivity contribution < 1.29 is 4.39 Å². The predicted octanol–water partition coefficient (Wildman–Crippen LogP) is 2.47. The quantitative estimate of drug-likeness (QED) is 0.808. The zero-order valence-electron chi connectivity index (χ0n) is 8.42. The number of benzene rings is 1. The molecule has 0 aliphatic heterocycles. The summed E-state index contributed by atoms with van der Waals surface area (Å²) in [5.41, 5.74) is 1.81. The first-order valence-corrected chi connectivity index (χ1v) is 4.74. The summed E-state index contributed by atoms with van der Waals surface area (Å²) < 4.78 is 12.9. The second-order valence-corrected chi connectivity index (χ2v) is 3.35. The van der Waals surface area contributed by atoms with Gasteiger partial charge in [0.15, 0.2) is 0 Å². The van der Waals surface area contributed by atoms with Crippen LogP contribution in [-0.4, -0.2) is 9.97 Å². The van der Waals surface area contributed by atoms with Gasteiger partial charge in [0, 0.05) is 18.1 Å². The van der Waals surface area contributed by atoms with Crippen molar-refractivity contribution in [1.82, 2.24) is 9.97 Å². The topological polar surface area (TPSA) is 40.7 Å². The molecule has 1 aromatic heterocycles. The molecule has 1 heterocycles. The van der Waals surface area contributed by atoms with E-state index < -0.39 is 0 Å². The van der Waals surface area contributed by atoms with E-state index in [0.717, 1.165) is 17.1 Å². The fourth-order valence-electron chi connectivity index (χ4n) is 1.36. The van der Waals surface area contributed by atoms with Crippen LogP contribution >= 0.6 is 0 Å². The summed E-state index contributed by atoms with van der Waals surface area (Å²) in [7, 11) is 0. The minimum atomic E-state index is -0.234. The molecule has 0 bridgehead atoms. The molecule has 1 aromatic carbocycles. The van der Waals surface area contributed by atoms with Crippen LogP contribution in [0.25, 0.3) is 0 Å². The van der Waals surface area contributed by atoms with E-state index in [4.69, 9.17) is 0 Å². The summed E-state index contributed by atoms with van der Waals surface area (Å²) in [6, 6.07) is 4.69. The van der Waals surface area contributed by atoms with E-state index in [1.54, 1.807) is 18.5 Å². The maximum Gasteiger partial charge on any atom is 0.125 e. The Morgan fingerprint density at radius 3 is 3.07 bits per heavy atom. The van der Waals surface area contributed by atoms with Crippen molar-refractivity contribution in [3.05, 3.63) is 47.8 Å². The third-order valence-corrected chi connectivity index (χ3v) is 2.20. The lowest BCUT2D eigenvalue weighted by Gasteiger charge is -2.07. The second kappa shape index (κ2) is 4.13. The molecule has 3 nitrogen and oxygen atoms in total. The third-order valence-electron chi connectivity index (χ3n) is 2.20. The van der Waals surface area contributed by atoms with Crippen LogP contribution in [0.5, 0.6) is 0 Å². The molecule has 0 spiro atoms. The number of aromatic amines is 1. The van der Waals surface area contributed by atoms with Gasteiger partial charge in [-0.15, -0.1) is 0 Å². The number of hydrogen-bond acceptors (Lipinski definition) is 2. The maximum atomic E-state index is 12.9. The van der Waals surface area contributed by atoms with E-state index >= 15 is 0 Å². The number of H-pyrrole nitrogens is 1. The Morgan fingerprint density at radius 1 is 1.47 bits per heavy atom. The van der Waals surface area contributed by atoms with Gasteiger partial charge in [0.05, 0.1) is 6.54 Å². The van der Waals surface area contributed by atoms with Crippen molar-refractivity contribution in [1.29, 1.82) is 0 Å². The molecule has 4 heteroatoms. The molecule has 15 heavy (non-hydrogen) atoms. The van der Waals surface area contributed by atoms with Gasteiger partial charge < -0.3 is 10.3 Å². The van der Waals surface area contributed by atoms with Gasteiger partial charge >= 0.3 is 0 Å². The van der Waals surface area contributed by atoms with Crippen molar-refractivity contribution in [2.45, 2.75) is 13.5 Å². The summed E-state index contributed by atoms with van der Waals surface area (Å²) >= 11 is 0. The number of aromatic nitrogens is 2. The van der Waals surface area contributed by atoms with Crippen molar-refractivity contribution in [2.24, 2.45) is 0 Å². The number of imidazole rings is 1. The van der Waals surface area contributed by atoms with E-state index in [0.29, 0.717) is 6.54 Å². The van der Waals surface area contributed by atoms with Crippen LogP contribution in [-0.2, 0) is 6.54 Å². The number of halogens is 1. The van der Waals surface area contributed by atoms with E-state index in [9.17, 15) is 4.39 Å². The molecule has 0 fully saturated rings. The molecule has 0 amide bonds. The molecule has 2 rings (SSSR count). The first-order valence-electron chi connectivity index (χ1n) is 4.74. The molecular weight excluding hydrogens is 193 g/mol. The molecule has 0 saturated carbocycles. The van der Waals surface area contributed by atoms with Gasteiger partial charge in [0.25, 0.3) is 0 Å². The van der Waals surface area contributed by atoms with Gasteiger partial charge in [-0.3, -0.25) is 0 Å². The van der Waals surface area contributed by atoms with Gasteiger partial charge in [0.1, 0.15) is 11.6 Å². The van der Waals surface area contributed by atoms with Crippen molar-refractivity contribution in [2.75, 3.05) is 5.32 Å². The summed E-state index contributed by atoms with van der Waals surface area (Å²) in [6.45, 7) is 2.50. The number of rotatable bonds is 3. The maximum absolute atomic E-state index is 12.9. The number of nitrogens with one attached hydrogen (secondary N) is 2.